The standard InChI is InChI=1S/C16H13N3O2/c20-15(9-6-11-4-2-1-3-5-11)17-12-7-8-13-14(10-12)19-16(21)18-13/h1-10H,(H,17,20)(H2,18,19,21)/b9-6+. The molecule has 21 heavy (non-hydrogen) atoms. The van der Waals surface area contributed by atoms with Crippen molar-refractivity contribution in [3.8, 4) is 0 Å². The van der Waals surface area contributed by atoms with Crippen LogP contribution in [0.15, 0.2) is 59.4 Å². The first kappa shape index (κ1) is 12.9. The summed E-state index contributed by atoms with van der Waals surface area (Å²) in [6, 6.07) is 14.8. The Morgan fingerprint density at radius 1 is 1.00 bits per heavy atom. The summed E-state index contributed by atoms with van der Waals surface area (Å²) in [5.74, 6) is -0.226. The van der Waals surface area contributed by atoms with Crippen molar-refractivity contribution >= 4 is 28.7 Å². The zero-order valence-electron chi connectivity index (χ0n) is 11.1. The van der Waals surface area contributed by atoms with Gasteiger partial charge in [0.15, 0.2) is 0 Å². The Labute approximate surface area is 120 Å². The highest BCUT2D eigenvalue weighted by Gasteiger charge is 2.02. The maximum absolute atomic E-state index is 11.8. The second-order valence-corrected chi connectivity index (χ2v) is 4.57. The summed E-state index contributed by atoms with van der Waals surface area (Å²) in [6.07, 6.45) is 3.21. The maximum atomic E-state index is 11.8. The number of fused-ring (bicyclic) bond motifs is 1. The number of rotatable bonds is 3. The fourth-order valence-corrected chi connectivity index (χ4v) is 2.03. The van der Waals surface area contributed by atoms with Crippen LogP contribution in [0.25, 0.3) is 17.1 Å². The van der Waals surface area contributed by atoms with E-state index in [0.717, 1.165) is 5.56 Å². The van der Waals surface area contributed by atoms with E-state index in [9.17, 15) is 9.59 Å². The average Bonchev–Trinajstić information content (AvgIpc) is 2.85. The number of nitrogens with one attached hydrogen (secondary N) is 3. The van der Waals surface area contributed by atoms with E-state index >= 15 is 0 Å². The third kappa shape index (κ3) is 3.09. The molecule has 3 rings (SSSR count). The number of H-pyrrole nitrogens is 2. The molecular weight excluding hydrogens is 266 g/mol. The van der Waals surface area contributed by atoms with E-state index in [1.807, 2.05) is 30.3 Å². The molecule has 3 N–H and O–H groups in total. The molecule has 5 nitrogen and oxygen atoms in total. The van der Waals surface area contributed by atoms with Crippen molar-refractivity contribution in [1.82, 2.24) is 9.97 Å². The monoisotopic (exact) mass is 279 g/mol. The van der Waals surface area contributed by atoms with Gasteiger partial charge in [0.25, 0.3) is 0 Å². The Kier molecular flexibility index (Phi) is 3.39. The molecule has 0 saturated heterocycles. The molecule has 0 saturated carbocycles. The van der Waals surface area contributed by atoms with Crippen molar-refractivity contribution in [2.75, 3.05) is 5.32 Å². The zero-order chi connectivity index (χ0) is 14.7. The fourth-order valence-electron chi connectivity index (χ4n) is 2.03. The van der Waals surface area contributed by atoms with Crippen molar-refractivity contribution in [3.05, 3.63) is 70.7 Å². The van der Waals surface area contributed by atoms with Crippen molar-refractivity contribution in [1.29, 1.82) is 0 Å². The average molecular weight is 279 g/mol. The minimum atomic E-state index is -0.266. The van der Waals surface area contributed by atoms with Crippen LogP contribution >= 0.6 is 0 Å². The highest BCUT2D eigenvalue weighted by atomic mass is 16.1. The Morgan fingerprint density at radius 2 is 1.76 bits per heavy atom. The lowest BCUT2D eigenvalue weighted by atomic mass is 10.2. The van der Waals surface area contributed by atoms with E-state index in [1.54, 1.807) is 24.3 Å². The van der Waals surface area contributed by atoms with Gasteiger partial charge in [0.1, 0.15) is 0 Å². The molecule has 1 aromatic heterocycles. The lowest BCUT2D eigenvalue weighted by molar-refractivity contribution is -0.111. The molecule has 5 heteroatoms. The zero-order valence-corrected chi connectivity index (χ0v) is 11.1. The molecule has 1 heterocycles. The summed E-state index contributed by atoms with van der Waals surface area (Å²) < 4.78 is 0. The molecule has 0 atom stereocenters. The Morgan fingerprint density at radius 3 is 2.57 bits per heavy atom. The molecule has 0 bridgehead atoms. The minimum absolute atomic E-state index is 0.226. The highest BCUT2D eigenvalue weighted by Crippen LogP contribution is 2.14. The van der Waals surface area contributed by atoms with Gasteiger partial charge in [-0.2, -0.15) is 0 Å². The summed E-state index contributed by atoms with van der Waals surface area (Å²) in [5, 5.41) is 2.75. The van der Waals surface area contributed by atoms with Crippen LogP contribution in [0.4, 0.5) is 5.69 Å². The third-order valence-electron chi connectivity index (χ3n) is 3.01. The number of amides is 1. The van der Waals surface area contributed by atoms with Crippen LogP contribution in [0, 0.1) is 0 Å². The van der Waals surface area contributed by atoms with E-state index in [2.05, 4.69) is 15.3 Å². The first-order valence-corrected chi connectivity index (χ1v) is 6.47. The highest BCUT2D eigenvalue weighted by molar-refractivity contribution is 6.02. The van der Waals surface area contributed by atoms with Crippen LogP contribution in [0.5, 0.6) is 0 Å². The number of anilines is 1. The van der Waals surface area contributed by atoms with E-state index in [4.69, 9.17) is 0 Å². The van der Waals surface area contributed by atoms with Crippen LogP contribution in [0.2, 0.25) is 0 Å². The molecule has 104 valence electrons. The van der Waals surface area contributed by atoms with Gasteiger partial charge in [0.2, 0.25) is 5.91 Å². The van der Waals surface area contributed by atoms with Gasteiger partial charge in [0, 0.05) is 11.8 Å². The molecule has 3 aromatic rings. The number of imidazole rings is 1. The van der Waals surface area contributed by atoms with Gasteiger partial charge in [0.05, 0.1) is 11.0 Å². The van der Waals surface area contributed by atoms with Crippen molar-refractivity contribution in [2.24, 2.45) is 0 Å². The van der Waals surface area contributed by atoms with Crippen LogP contribution in [-0.4, -0.2) is 15.9 Å². The molecule has 0 spiro atoms. The smallest absolute Gasteiger partial charge is 0.322 e. The van der Waals surface area contributed by atoms with Gasteiger partial charge in [-0.3, -0.25) is 4.79 Å². The molecule has 1 amide bonds. The molecule has 0 radical (unpaired) electrons. The summed E-state index contributed by atoms with van der Waals surface area (Å²) >= 11 is 0. The second-order valence-electron chi connectivity index (χ2n) is 4.57. The van der Waals surface area contributed by atoms with Gasteiger partial charge >= 0.3 is 5.69 Å². The maximum Gasteiger partial charge on any atom is 0.323 e. The molecule has 0 aliphatic carbocycles. The summed E-state index contributed by atoms with van der Waals surface area (Å²) in [4.78, 5) is 28.3. The number of carbonyl (C=O) groups excluding carboxylic acids is 1. The van der Waals surface area contributed by atoms with Gasteiger partial charge < -0.3 is 15.3 Å². The van der Waals surface area contributed by atoms with Crippen molar-refractivity contribution in [3.63, 3.8) is 0 Å². The van der Waals surface area contributed by atoms with E-state index in [0.29, 0.717) is 16.7 Å². The van der Waals surface area contributed by atoms with E-state index in [1.165, 1.54) is 6.08 Å². The molecule has 0 aliphatic rings. The summed E-state index contributed by atoms with van der Waals surface area (Å²) in [5.41, 5.74) is 2.68. The number of carbonyl (C=O) groups is 1. The van der Waals surface area contributed by atoms with Gasteiger partial charge in [-0.1, -0.05) is 30.3 Å². The number of aromatic nitrogens is 2. The molecule has 0 unspecified atom stereocenters. The Bertz CT molecular complexity index is 860. The van der Waals surface area contributed by atoms with Gasteiger partial charge in [-0.15, -0.1) is 0 Å². The fraction of sp³-hybridized carbons (Fsp3) is 0. The molecule has 0 aliphatic heterocycles. The van der Waals surface area contributed by atoms with Gasteiger partial charge in [-0.05, 0) is 29.8 Å². The SMILES string of the molecule is O=C(/C=C/c1ccccc1)Nc1ccc2[nH]c(=O)[nH]c2c1. The number of aromatic amines is 2. The van der Waals surface area contributed by atoms with Crippen LogP contribution in [-0.2, 0) is 4.79 Å². The topological polar surface area (TPSA) is 77.8 Å². The van der Waals surface area contributed by atoms with Crippen molar-refractivity contribution < 1.29 is 4.79 Å². The number of hydrogen-bond donors (Lipinski definition) is 3. The summed E-state index contributed by atoms with van der Waals surface area (Å²) in [7, 11) is 0. The van der Waals surface area contributed by atoms with Gasteiger partial charge in [-0.25, -0.2) is 4.79 Å². The predicted octanol–water partition coefficient (Wildman–Crippen LogP) is 2.51. The van der Waals surface area contributed by atoms with E-state index in [-0.39, 0.29) is 11.6 Å². The van der Waals surface area contributed by atoms with Crippen molar-refractivity contribution in [2.45, 2.75) is 0 Å². The quantitative estimate of drug-likeness (QED) is 0.644. The minimum Gasteiger partial charge on any atom is -0.322 e. The second kappa shape index (κ2) is 5.50. The third-order valence-corrected chi connectivity index (χ3v) is 3.01. The Balaban J connectivity index is 1.74. The van der Waals surface area contributed by atoms with Crippen LogP contribution < -0.4 is 11.0 Å². The lowest BCUT2D eigenvalue weighted by Gasteiger charge is -2.01. The predicted molar refractivity (Wildman–Crippen MR) is 83.0 cm³/mol. The number of benzene rings is 2. The first-order chi connectivity index (χ1) is 10.2. The molecule has 0 fully saturated rings. The van der Waals surface area contributed by atoms with E-state index < -0.39 is 0 Å². The van der Waals surface area contributed by atoms with Crippen LogP contribution in [0.1, 0.15) is 5.56 Å². The first-order valence-electron chi connectivity index (χ1n) is 6.47. The molecule has 2 aromatic carbocycles. The van der Waals surface area contributed by atoms with Crippen LogP contribution in [0.3, 0.4) is 0 Å². The molecular formula is C16H13N3O2. The normalized spacial score (nSPS) is 11.0. The summed E-state index contributed by atoms with van der Waals surface area (Å²) in [6.45, 7) is 0. The lowest BCUT2D eigenvalue weighted by Crippen LogP contribution is -2.07. The largest absolute Gasteiger partial charge is 0.323 e. The Hall–Kier alpha value is -3.08. The number of hydrogen-bond acceptors (Lipinski definition) is 2.